The van der Waals surface area contributed by atoms with Crippen molar-refractivity contribution < 1.29 is 19.7 Å². The number of esters is 1. The molecule has 2 atom stereocenters. The van der Waals surface area contributed by atoms with E-state index < -0.39 is 18.2 Å². The number of ether oxygens (including phenoxy) is 1. The molecule has 0 amide bonds. The van der Waals surface area contributed by atoms with Gasteiger partial charge in [-0.25, -0.2) is 4.79 Å². The van der Waals surface area contributed by atoms with Crippen molar-refractivity contribution in [3.8, 4) is 0 Å². The summed E-state index contributed by atoms with van der Waals surface area (Å²) in [7, 11) is 1.74. The van der Waals surface area contributed by atoms with Crippen molar-refractivity contribution in [3.63, 3.8) is 0 Å². The molecule has 5 nitrogen and oxygen atoms in total. The van der Waals surface area contributed by atoms with Crippen LogP contribution < -0.4 is 5.32 Å². The molecule has 0 aliphatic heterocycles. The number of rotatable bonds is 5. The molecule has 1 rings (SSSR count). The van der Waals surface area contributed by atoms with E-state index in [1.807, 2.05) is 6.07 Å². The second kappa shape index (κ2) is 6.22. The molecule has 5 heteroatoms. The number of aliphatic hydroxyl groups excluding tert-OH is 2. The topological polar surface area (TPSA) is 78.8 Å². The van der Waals surface area contributed by atoms with E-state index in [4.69, 9.17) is 0 Å². The second-order valence-electron chi connectivity index (χ2n) is 3.52. The maximum atomic E-state index is 11.3. The number of hydrogen-bond acceptors (Lipinski definition) is 5. The van der Waals surface area contributed by atoms with Gasteiger partial charge >= 0.3 is 5.97 Å². The lowest BCUT2D eigenvalue weighted by Gasteiger charge is -2.17. The molecule has 0 spiro atoms. The fourth-order valence-electron chi connectivity index (χ4n) is 1.42. The third-order valence-corrected chi connectivity index (χ3v) is 2.34. The first-order valence-corrected chi connectivity index (χ1v) is 5.40. The average molecular weight is 239 g/mol. The highest BCUT2D eigenvalue weighted by molar-refractivity contribution is 5.75. The molecule has 0 radical (unpaired) electrons. The zero-order valence-corrected chi connectivity index (χ0v) is 9.88. The summed E-state index contributed by atoms with van der Waals surface area (Å²) in [6.45, 7) is 1.80. The fourth-order valence-corrected chi connectivity index (χ4v) is 1.42. The average Bonchev–Trinajstić information content (AvgIpc) is 2.37. The molecular formula is C12H17NO4. The molecule has 2 unspecified atom stereocenters. The molecule has 17 heavy (non-hydrogen) atoms. The molecule has 0 bridgehead atoms. The number of nitrogens with one attached hydrogen (secondary N) is 1. The Morgan fingerprint density at radius 3 is 2.76 bits per heavy atom. The minimum absolute atomic E-state index is 0.166. The number of carbonyl (C=O) groups excluding carboxylic acids is 1. The van der Waals surface area contributed by atoms with Crippen LogP contribution in [0.15, 0.2) is 24.3 Å². The van der Waals surface area contributed by atoms with Gasteiger partial charge in [-0.05, 0) is 24.6 Å². The molecule has 1 aromatic carbocycles. The summed E-state index contributed by atoms with van der Waals surface area (Å²) in [6, 6.07) is 6.83. The van der Waals surface area contributed by atoms with E-state index in [1.54, 1.807) is 32.2 Å². The molecule has 0 aliphatic rings. The van der Waals surface area contributed by atoms with Crippen molar-refractivity contribution in [1.82, 2.24) is 0 Å². The van der Waals surface area contributed by atoms with E-state index in [9.17, 15) is 15.0 Å². The van der Waals surface area contributed by atoms with Gasteiger partial charge in [0.2, 0.25) is 0 Å². The Morgan fingerprint density at radius 1 is 1.47 bits per heavy atom. The molecular weight excluding hydrogens is 222 g/mol. The quantitative estimate of drug-likeness (QED) is 0.659. The molecule has 0 heterocycles. The fraction of sp³-hybridized carbons (Fsp3) is 0.417. The third-order valence-electron chi connectivity index (χ3n) is 2.34. The zero-order chi connectivity index (χ0) is 12.8. The Kier molecular flexibility index (Phi) is 4.93. The van der Waals surface area contributed by atoms with Crippen molar-refractivity contribution in [1.29, 1.82) is 0 Å². The first-order chi connectivity index (χ1) is 8.10. The lowest BCUT2D eigenvalue weighted by molar-refractivity contribution is -0.159. The van der Waals surface area contributed by atoms with Crippen LogP contribution in [0.2, 0.25) is 0 Å². The van der Waals surface area contributed by atoms with E-state index in [1.165, 1.54) is 0 Å². The highest BCUT2D eigenvalue weighted by Gasteiger charge is 2.26. The Morgan fingerprint density at radius 2 is 2.18 bits per heavy atom. The second-order valence-corrected chi connectivity index (χ2v) is 3.52. The molecule has 0 fully saturated rings. The molecule has 0 aromatic heterocycles. The van der Waals surface area contributed by atoms with Crippen molar-refractivity contribution >= 4 is 11.7 Å². The zero-order valence-electron chi connectivity index (χ0n) is 9.88. The SMILES string of the molecule is CCOC(=O)C(O)C(O)c1cccc(NC)c1. The van der Waals surface area contributed by atoms with Gasteiger partial charge in [-0.2, -0.15) is 0 Å². The van der Waals surface area contributed by atoms with Crippen LogP contribution in [-0.2, 0) is 9.53 Å². The molecule has 1 aromatic rings. The van der Waals surface area contributed by atoms with Crippen LogP contribution in [0.3, 0.4) is 0 Å². The Balaban J connectivity index is 2.80. The minimum Gasteiger partial charge on any atom is -0.464 e. The van der Waals surface area contributed by atoms with Gasteiger partial charge in [0.05, 0.1) is 6.61 Å². The van der Waals surface area contributed by atoms with E-state index in [0.717, 1.165) is 5.69 Å². The summed E-state index contributed by atoms with van der Waals surface area (Å²) in [4.78, 5) is 11.3. The van der Waals surface area contributed by atoms with Gasteiger partial charge in [0.25, 0.3) is 0 Å². The van der Waals surface area contributed by atoms with Gasteiger partial charge in [-0.15, -0.1) is 0 Å². The number of aliphatic hydroxyl groups is 2. The van der Waals surface area contributed by atoms with Gasteiger partial charge in [0.15, 0.2) is 6.10 Å². The first kappa shape index (κ1) is 13.5. The predicted molar refractivity (Wildman–Crippen MR) is 63.6 cm³/mol. The van der Waals surface area contributed by atoms with E-state index >= 15 is 0 Å². The Labute approximate surface area is 100 Å². The summed E-state index contributed by atoms with van der Waals surface area (Å²) in [5, 5.41) is 22.3. The maximum absolute atomic E-state index is 11.3. The van der Waals surface area contributed by atoms with Gasteiger partial charge < -0.3 is 20.3 Å². The molecule has 0 saturated carbocycles. The normalized spacial score (nSPS) is 13.9. The summed E-state index contributed by atoms with van der Waals surface area (Å²) < 4.78 is 4.64. The van der Waals surface area contributed by atoms with E-state index in [2.05, 4.69) is 10.1 Å². The summed E-state index contributed by atoms with van der Waals surface area (Å²) in [6.07, 6.45) is -2.86. The molecule has 0 saturated heterocycles. The lowest BCUT2D eigenvalue weighted by atomic mass is 10.0. The van der Waals surface area contributed by atoms with Crippen LogP contribution >= 0.6 is 0 Å². The van der Waals surface area contributed by atoms with E-state index in [-0.39, 0.29) is 6.61 Å². The van der Waals surface area contributed by atoms with Crippen molar-refractivity contribution in [3.05, 3.63) is 29.8 Å². The highest BCUT2D eigenvalue weighted by atomic mass is 16.5. The minimum atomic E-state index is -1.57. The third kappa shape index (κ3) is 3.44. The number of hydrogen-bond donors (Lipinski definition) is 3. The maximum Gasteiger partial charge on any atom is 0.338 e. The summed E-state index contributed by atoms with van der Waals surface area (Å²) in [5.74, 6) is -0.824. The van der Waals surface area contributed by atoms with Crippen LogP contribution in [-0.4, -0.2) is 35.9 Å². The van der Waals surface area contributed by atoms with Crippen molar-refractivity contribution in [2.45, 2.75) is 19.1 Å². The van der Waals surface area contributed by atoms with Crippen LogP contribution in [0, 0.1) is 0 Å². The summed E-state index contributed by atoms with van der Waals surface area (Å²) in [5.41, 5.74) is 1.25. The van der Waals surface area contributed by atoms with Crippen molar-refractivity contribution in [2.24, 2.45) is 0 Å². The van der Waals surface area contributed by atoms with Gasteiger partial charge in [0.1, 0.15) is 6.10 Å². The number of carbonyl (C=O) groups is 1. The highest BCUT2D eigenvalue weighted by Crippen LogP contribution is 2.20. The number of benzene rings is 1. The first-order valence-electron chi connectivity index (χ1n) is 5.40. The van der Waals surface area contributed by atoms with Gasteiger partial charge in [0, 0.05) is 12.7 Å². The Hall–Kier alpha value is -1.59. The van der Waals surface area contributed by atoms with E-state index in [0.29, 0.717) is 5.56 Å². The predicted octanol–water partition coefficient (Wildman–Crippen LogP) is 0.686. The molecule has 94 valence electrons. The standard InChI is InChI=1S/C12H17NO4/c1-3-17-12(16)11(15)10(14)8-5-4-6-9(7-8)13-2/h4-7,10-11,13-15H,3H2,1-2H3. The van der Waals surface area contributed by atoms with Crippen LogP contribution in [0.4, 0.5) is 5.69 Å². The largest absolute Gasteiger partial charge is 0.464 e. The van der Waals surface area contributed by atoms with Crippen LogP contribution in [0.25, 0.3) is 0 Å². The monoisotopic (exact) mass is 239 g/mol. The van der Waals surface area contributed by atoms with Gasteiger partial charge in [-0.1, -0.05) is 12.1 Å². The Bertz CT molecular complexity index is 381. The van der Waals surface area contributed by atoms with Crippen LogP contribution in [0.5, 0.6) is 0 Å². The number of anilines is 1. The van der Waals surface area contributed by atoms with Crippen LogP contribution in [0.1, 0.15) is 18.6 Å². The smallest absolute Gasteiger partial charge is 0.338 e. The molecule has 3 N–H and O–H groups in total. The summed E-state index contributed by atoms with van der Waals surface area (Å²) >= 11 is 0. The van der Waals surface area contributed by atoms with Crippen molar-refractivity contribution in [2.75, 3.05) is 19.0 Å². The lowest BCUT2D eigenvalue weighted by Crippen LogP contribution is -2.29. The molecule has 0 aliphatic carbocycles. The van der Waals surface area contributed by atoms with Gasteiger partial charge in [-0.3, -0.25) is 0 Å².